The summed E-state index contributed by atoms with van der Waals surface area (Å²) >= 11 is 7.73. The van der Waals surface area contributed by atoms with E-state index in [0.717, 1.165) is 42.2 Å². The van der Waals surface area contributed by atoms with Gasteiger partial charge in [0.15, 0.2) is 0 Å². The first-order chi connectivity index (χ1) is 13.6. The van der Waals surface area contributed by atoms with E-state index >= 15 is 0 Å². The van der Waals surface area contributed by atoms with E-state index in [0.29, 0.717) is 22.9 Å². The molecule has 2 N–H and O–H groups in total. The average Bonchev–Trinajstić information content (AvgIpc) is 3.40. The summed E-state index contributed by atoms with van der Waals surface area (Å²) in [5.74, 6) is 1.70. The molecule has 0 spiro atoms. The molecule has 1 saturated heterocycles. The van der Waals surface area contributed by atoms with E-state index in [1.165, 1.54) is 0 Å². The van der Waals surface area contributed by atoms with Crippen LogP contribution in [0, 0.1) is 0 Å². The van der Waals surface area contributed by atoms with Crippen LogP contribution < -0.4 is 10.6 Å². The Morgan fingerprint density at radius 2 is 2.25 bits per heavy atom. The van der Waals surface area contributed by atoms with Gasteiger partial charge in [-0.2, -0.15) is 16.9 Å². The third-order valence-corrected chi connectivity index (χ3v) is 5.99. The molecular weight excluding hydrogens is 400 g/mol. The lowest BCUT2D eigenvalue weighted by molar-refractivity contribution is -0.122. The summed E-state index contributed by atoms with van der Waals surface area (Å²) < 4.78 is 7.11. The van der Waals surface area contributed by atoms with Crippen molar-refractivity contribution in [1.29, 1.82) is 0 Å². The van der Waals surface area contributed by atoms with Gasteiger partial charge >= 0.3 is 0 Å². The molecule has 0 bridgehead atoms. The number of nitrogens with one attached hydrogen (secondary N) is 2. The Balaban J connectivity index is 1.47. The lowest BCUT2D eigenvalue weighted by atomic mass is 10.2. The van der Waals surface area contributed by atoms with Gasteiger partial charge in [-0.1, -0.05) is 17.7 Å². The summed E-state index contributed by atoms with van der Waals surface area (Å²) in [6.45, 7) is 1.30. The SMILES string of the molecule is O=C(Cn1nc2c(c1NC(=O)c1cccc(Cl)c1)CSC2)NCC1CCCO1. The Bertz CT molecular complexity index is 895. The molecule has 0 saturated carbocycles. The van der Waals surface area contributed by atoms with Crippen LogP contribution in [0.4, 0.5) is 5.82 Å². The normalized spacial score (nSPS) is 18.1. The second-order valence-electron chi connectivity index (χ2n) is 6.83. The Hall–Kier alpha value is -2.03. The monoisotopic (exact) mass is 420 g/mol. The molecule has 4 rings (SSSR count). The molecule has 9 heteroatoms. The van der Waals surface area contributed by atoms with Gasteiger partial charge in [0, 0.05) is 40.8 Å². The summed E-state index contributed by atoms with van der Waals surface area (Å²) in [4.78, 5) is 25.1. The van der Waals surface area contributed by atoms with E-state index in [1.54, 1.807) is 40.7 Å². The highest BCUT2D eigenvalue weighted by Crippen LogP contribution is 2.35. The molecule has 2 amide bonds. The van der Waals surface area contributed by atoms with Gasteiger partial charge in [-0.3, -0.25) is 9.59 Å². The fourth-order valence-electron chi connectivity index (χ4n) is 3.35. The topological polar surface area (TPSA) is 85.2 Å². The number of ether oxygens (including phenoxy) is 1. The molecule has 1 aromatic heterocycles. The quantitative estimate of drug-likeness (QED) is 0.750. The minimum atomic E-state index is -0.275. The van der Waals surface area contributed by atoms with Crippen LogP contribution in [0.2, 0.25) is 5.02 Å². The third kappa shape index (κ3) is 4.34. The number of anilines is 1. The zero-order chi connectivity index (χ0) is 19.5. The number of amides is 2. The maximum absolute atomic E-state index is 12.7. The maximum atomic E-state index is 12.7. The number of fused-ring (bicyclic) bond motifs is 1. The lowest BCUT2D eigenvalue weighted by Gasteiger charge is -2.13. The minimum Gasteiger partial charge on any atom is -0.376 e. The van der Waals surface area contributed by atoms with Crippen LogP contribution >= 0.6 is 23.4 Å². The molecule has 1 unspecified atom stereocenters. The number of halogens is 1. The van der Waals surface area contributed by atoms with Gasteiger partial charge in [-0.05, 0) is 31.0 Å². The van der Waals surface area contributed by atoms with Crippen LogP contribution in [0.1, 0.15) is 34.5 Å². The van der Waals surface area contributed by atoms with Gasteiger partial charge in [0.25, 0.3) is 5.91 Å². The Morgan fingerprint density at radius 1 is 1.36 bits per heavy atom. The number of thioether (sulfide) groups is 1. The van der Waals surface area contributed by atoms with E-state index in [-0.39, 0.29) is 24.5 Å². The van der Waals surface area contributed by atoms with Gasteiger partial charge in [0.05, 0.1) is 11.8 Å². The first kappa shape index (κ1) is 19.3. The minimum absolute atomic E-state index is 0.0511. The van der Waals surface area contributed by atoms with E-state index < -0.39 is 0 Å². The van der Waals surface area contributed by atoms with Crippen molar-refractivity contribution >= 4 is 41.0 Å². The van der Waals surface area contributed by atoms with Crippen LogP contribution in [0.3, 0.4) is 0 Å². The van der Waals surface area contributed by atoms with Crippen LogP contribution in [0.15, 0.2) is 24.3 Å². The van der Waals surface area contributed by atoms with Crippen LogP contribution in [-0.4, -0.2) is 40.9 Å². The van der Waals surface area contributed by atoms with Gasteiger partial charge in [-0.15, -0.1) is 0 Å². The highest BCUT2D eigenvalue weighted by Gasteiger charge is 2.25. The summed E-state index contributed by atoms with van der Waals surface area (Å²) in [5, 5.41) is 10.9. The molecule has 0 aliphatic carbocycles. The van der Waals surface area contributed by atoms with Crippen molar-refractivity contribution in [3.63, 3.8) is 0 Å². The van der Waals surface area contributed by atoms with Crippen molar-refractivity contribution in [2.24, 2.45) is 0 Å². The molecule has 2 aromatic rings. The Labute approximate surface area is 172 Å². The fourth-order valence-corrected chi connectivity index (χ4v) is 4.58. The molecule has 1 aromatic carbocycles. The van der Waals surface area contributed by atoms with E-state index in [9.17, 15) is 9.59 Å². The summed E-state index contributed by atoms with van der Waals surface area (Å²) in [7, 11) is 0. The maximum Gasteiger partial charge on any atom is 0.256 e. The van der Waals surface area contributed by atoms with Crippen molar-refractivity contribution in [3.05, 3.63) is 46.1 Å². The molecule has 148 valence electrons. The first-order valence-electron chi connectivity index (χ1n) is 9.21. The van der Waals surface area contributed by atoms with E-state index in [4.69, 9.17) is 16.3 Å². The van der Waals surface area contributed by atoms with Crippen molar-refractivity contribution in [2.75, 3.05) is 18.5 Å². The second kappa shape index (κ2) is 8.55. The number of hydrogen-bond donors (Lipinski definition) is 2. The number of carbonyl (C=O) groups is 2. The predicted octanol–water partition coefficient (Wildman–Crippen LogP) is 2.83. The molecule has 1 fully saturated rings. The van der Waals surface area contributed by atoms with Crippen molar-refractivity contribution < 1.29 is 14.3 Å². The average molecular weight is 421 g/mol. The van der Waals surface area contributed by atoms with Gasteiger partial charge in [0.1, 0.15) is 12.4 Å². The highest BCUT2D eigenvalue weighted by molar-refractivity contribution is 7.98. The summed E-state index contributed by atoms with van der Waals surface area (Å²) in [5.41, 5.74) is 2.35. The Morgan fingerprint density at radius 3 is 3.04 bits per heavy atom. The number of carbonyl (C=O) groups excluding carboxylic acids is 2. The number of rotatable bonds is 6. The lowest BCUT2D eigenvalue weighted by Crippen LogP contribution is -2.34. The molecule has 1 atom stereocenters. The van der Waals surface area contributed by atoms with Crippen LogP contribution in [0.5, 0.6) is 0 Å². The second-order valence-corrected chi connectivity index (χ2v) is 8.25. The molecule has 3 heterocycles. The standard InChI is InChI=1S/C19H21ClN4O3S/c20-13-4-1-3-12(7-13)19(26)22-18-15-10-28-11-16(15)23-24(18)9-17(25)21-8-14-5-2-6-27-14/h1,3-4,7,14H,2,5-6,8-11H2,(H,21,25)(H,22,26). The van der Waals surface area contributed by atoms with E-state index in [2.05, 4.69) is 15.7 Å². The number of nitrogens with zero attached hydrogens (tertiary/aromatic N) is 2. The molecule has 28 heavy (non-hydrogen) atoms. The van der Waals surface area contributed by atoms with Crippen molar-refractivity contribution in [3.8, 4) is 0 Å². The zero-order valence-electron chi connectivity index (χ0n) is 15.2. The zero-order valence-corrected chi connectivity index (χ0v) is 16.8. The fraction of sp³-hybridized carbons (Fsp3) is 0.421. The summed E-state index contributed by atoms with van der Waals surface area (Å²) in [6.07, 6.45) is 2.09. The molecule has 2 aliphatic heterocycles. The molecule has 0 radical (unpaired) electrons. The van der Waals surface area contributed by atoms with Crippen molar-refractivity contribution in [2.45, 2.75) is 37.0 Å². The predicted molar refractivity (Wildman–Crippen MR) is 109 cm³/mol. The molecule has 2 aliphatic rings. The molecule has 7 nitrogen and oxygen atoms in total. The third-order valence-electron chi connectivity index (χ3n) is 4.78. The smallest absolute Gasteiger partial charge is 0.256 e. The largest absolute Gasteiger partial charge is 0.376 e. The number of hydrogen-bond acceptors (Lipinski definition) is 5. The highest BCUT2D eigenvalue weighted by atomic mass is 35.5. The Kier molecular flexibility index (Phi) is 5.89. The van der Waals surface area contributed by atoms with Gasteiger partial charge < -0.3 is 15.4 Å². The number of benzene rings is 1. The van der Waals surface area contributed by atoms with Gasteiger partial charge in [0.2, 0.25) is 5.91 Å². The van der Waals surface area contributed by atoms with Crippen molar-refractivity contribution in [1.82, 2.24) is 15.1 Å². The number of aromatic nitrogens is 2. The van der Waals surface area contributed by atoms with Crippen LogP contribution in [0.25, 0.3) is 0 Å². The van der Waals surface area contributed by atoms with Crippen LogP contribution in [-0.2, 0) is 27.6 Å². The first-order valence-corrected chi connectivity index (χ1v) is 10.7. The van der Waals surface area contributed by atoms with Gasteiger partial charge in [-0.25, -0.2) is 4.68 Å². The van der Waals surface area contributed by atoms with E-state index in [1.807, 2.05) is 0 Å². The molecular formula is C19H21ClN4O3S. The summed E-state index contributed by atoms with van der Waals surface area (Å²) in [6, 6.07) is 6.76.